The van der Waals surface area contributed by atoms with E-state index in [0.717, 1.165) is 0 Å². The van der Waals surface area contributed by atoms with Gasteiger partial charge in [0.1, 0.15) is 11.6 Å². The fraction of sp³-hybridized carbons (Fsp3) is 0.389. The van der Waals surface area contributed by atoms with E-state index >= 15 is 0 Å². The van der Waals surface area contributed by atoms with E-state index in [1.165, 1.54) is 24.1 Å². The lowest BCUT2D eigenvalue weighted by Crippen LogP contribution is -2.32. The van der Waals surface area contributed by atoms with Gasteiger partial charge in [-0.3, -0.25) is 4.79 Å². The van der Waals surface area contributed by atoms with Gasteiger partial charge in [-0.05, 0) is 40.5 Å². The first-order chi connectivity index (χ1) is 13.7. The number of alkyl halides is 3. The molecule has 1 fully saturated rings. The average Bonchev–Trinajstić information content (AvgIpc) is 3.20. The largest absolute Gasteiger partial charge is 0.495 e. The lowest BCUT2D eigenvalue weighted by atomic mass is 10.1. The van der Waals surface area contributed by atoms with Gasteiger partial charge in [0.25, 0.3) is 5.91 Å². The van der Waals surface area contributed by atoms with E-state index in [1.807, 2.05) is 0 Å². The van der Waals surface area contributed by atoms with E-state index in [0.29, 0.717) is 27.7 Å². The minimum atomic E-state index is -4.29. The second kappa shape index (κ2) is 8.44. The van der Waals surface area contributed by atoms with E-state index in [4.69, 9.17) is 4.74 Å². The second-order valence-electron chi connectivity index (χ2n) is 6.46. The van der Waals surface area contributed by atoms with Crippen LogP contribution in [-0.4, -0.2) is 54.2 Å². The minimum Gasteiger partial charge on any atom is -0.495 e. The fourth-order valence-corrected chi connectivity index (χ4v) is 3.43. The molecule has 1 aliphatic rings. The maximum absolute atomic E-state index is 12.9. The number of hydrogen-bond acceptors (Lipinski definition) is 6. The summed E-state index contributed by atoms with van der Waals surface area (Å²) in [5, 5.41) is 5.93. The Hall–Kier alpha value is -2.56. The summed E-state index contributed by atoms with van der Waals surface area (Å²) in [5.41, 5.74) is 0.769. The number of hydrogen-bond donors (Lipinski definition) is 2. The maximum atomic E-state index is 12.9. The highest BCUT2D eigenvalue weighted by molar-refractivity contribution is 9.10. The van der Waals surface area contributed by atoms with Crippen LogP contribution in [0.15, 0.2) is 28.9 Å². The molecule has 3 rings (SSSR count). The molecule has 156 valence electrons. The van der Waals surface area contributed by atoms with Crippen LogP contribution in [-0.2, 0) is 0 Å². The van der Waals surface area contributed by atoms with Crippen molar-refractivity contribution in [3.63, 3.8) is 0 Å². The van der Waals surface area contributed by atoms with Gasteiger partial charge >= 0.3 is 6.18 Å². The lowest BCUT2D eigenvalue weighted by Gasteiger charge is -2.19. The van der Waals surface area contributed by atoms with Gasteiger partial charge in [0.05, 0.1) is 23.2 Å². The molecule has 0 radical (unpaired) electrons. The van der Waals surface area contributed by atoms with Crippen molar-refractivity contribution < 1.29 is 22.7 Å². The van der Waals surface area contributed by atoms with Crippen LogP contribution < -0.4 is 15.4 Å². The molecule has 1 atom stereocenters. The third-order valence-electron chi connectivity index (χ3n) is 4.61. The van der Waals surface area contributed by atoms with Crippen molar-refractivity contribution in [3.8, 4) is 5.75 Å². The Labute approximate surface area is 173 Å². The number of halogens is 4. The third kappa shape index (κ3) is 4.72. The Bertz CT molecular complexity index is 910. The van der Waals surface area contributed by atoms with Crippen molar-refractivity contribution in [1.29, 1.82) is 0 Å². The van der Waals surface area contributed by atoms with Crippen molar-refractivity contribution in [2.75, 3.05) is 37.9 Å². The molecule has 1 aliphatic heterocycles. The Balaban J connectivity index is 1.78. The molecule has 0 bridgehead atoms. The molecule has 11 heteroatoms. The number of methoxy groups -OCH3 is 1. The van der Waals surface area contributed by atoms with E-state index in [1.54, 1.807) is 19.3 Å². The number of carbonyl (C=O) groups excluding carboxylic acids is 1. The smallest absolute Gasteiger partial charge is 0.393 e. The summed E-state index contributed by atoms with van der Waals surface area (Å²) in [6.45, 7) is -0.255. The first kappa shape index (κ1) is 21.2. The molecule has 1 aromatic carbocycles. The second-order valence-corrected chi connectivity index (χ2v) is 7.31. The molecule has 1 unspecified atom stereocenters. The van der Waals surface area contributed by atoms with Crippen LogP contribution in [0.4, 0.5) is 30.6 Å². The SMILES string of the molecule is CNc1nc(Nc2ccc(C(=O)N3CCC(C(F)(F)F)C3)cc2OC)ncc1Br. The zero-order valence-electron chi connectivity index (χ0n) is 15.7. The van der Waals surface area contributed by atoms with E-state index in [9.17, 15) is 18.0 Å². The summed E-state index contributed by atoms with van der Waals surface area (Å²) in [6, 6.07) is 4.63. The predicted octanol–water partition coefficient (Wildman–Crippen LogP) is 4.06. The fourth-order valence-electron chi connectivity index (χ4n) is 3.05. The highest BCUT2D eigenvalue weighted by atomic mass is 79.9. The number of anilines is 3. The van der Waals surface area contributed by atoms with E-state index in [2.05, 4.69) is 36.5 Å². The normalized spacial score (nSPS) is 16.6. The van der Waals surface area contributed by atoms with Gasteiger partial charge in [0.15, 0.2) is 0 Å². The molecule has 1 aromatic heterocycles. The Kier molecular flexibility index (Phi) is 6.15. The quantitative estimate of drug-likeness (QED) is 0.681. The highest BCUT2D eigenvalue weighted by Gasteiger charge is 2.44. The summed E-state index contributed by atoms with van der Waals surface area (Å²) in [5.74, 6) is -0.701. The number of nitrogens with one attached hydrogen (secondary N) is 2. The number of ether oxygens (including phenoxy) is 1. The molecular formula is C18H19BrF3N5O2. The first-order valence-corrected chi connectivity index (χ1v) is 9.53. The Morgan fingerprint density at radius 3 is 2.76 bits per heavy atom. The van der Waals surface area contributed by atoms with Gasteiger partial charge in [-0.15, -0.1) is 0 Å². The number of likely N-dealkylation sites (tertiary alicyclic amines) is 1. The van der Waals surface area contributed by atoms with Crippen LogP contribution >= 0.6 is 15.9 Å². The number of benzene rings is 1. The average molecular weight is 474 g/mol. The summed E-state index contributed by atoms with van der Waals surface area (Å²) < 4.78 is 44.6. The minimum absolute atomic E-state index is 0.0743. The van der Waals surface area contributed by atoms with Crippen LogP contribution in [0.1, 0.15) is 16.8 Å². The molecular weight excluding hydrogens is 455 g/mol. The topological polar surface area (TPSA) is 79.4 Å². The van der Waals surface area contributed by atoms with Crippen LogP contribution in [0, 0.1) is 5.92 Å². The monoisotopic (exact) mass is 473 g/mol. The van der Waals surface area contributed by atoms with Crippen LogP contribution in [0.25, 0.3) is 0 Å². The Morgan fingerprint density at radius 2 is 2.14 bits per heavy atom. The highest BCUT2D eigenvalue weighted by Crippen LogP contribution is 2.35. The van der Waals surface area contributed by atoms with E-state index < -0.39 is 18.0 Å². The van der Waals surface area contributed by atoms with Gasteiger partial charge in [-0.2, -0.15) is 18.2 Å². The summed E-state index contributed by atoms with van der Waals surface area (Å²) >= 11 is 3.33. The van der Waals surface area contributed by atoms with Crippen molar-refractivity contribution in [1.82, 2.24) is 14.9 Å². The zero-order chi connectivity index (χ0) is 21.2. The molecule has 0 aliphatic carbocycles. The molecule has 2 N–H and O–H groups in total. The molecule has 29 heavy (non-hydrogen) atoms. The lowest BCUT2D eigenvalue weighted by molar-refractivity contribution is -0.169. The summed E-state index contributed by atoms with van der Waals surface area (Å²) in [4.78, 5) is 22.3. The van der Waals surface area contributed by atoms with Crippen molar-refractivity contribution in [3.05, 3.63) is 34.4 Å². The van der Waals surface area contributed by atoms with Crippen molar-refractivity contribution in [2.45, 2.75) is 12.6 Å². The summed E-state index contributed by atoms with van der Waals surface area (Å²) in [7, 11) is 3.16. The van der Waals surface area contributed by atoms with Gasteiger partial charge < -0.3 is 20.3 Å². The maximum Gasteiger partial charge on any atom is 0.393 e. The number of nitrogens with zero attached hydrogens (tertiary/aromatic N) is 3. The number of carbonyl (C=O) groups is 1. The molecule has 0 spiro atoms. The number of aromatic nitrogens is 2. The standard InChI is InChI=1S/C18H19BrF3N5O2/c1-23-15-12(19)8-24-17(26-15)25-13-4-3-10(7-14(13)29-2)16(28)27-6-5-11(9-27)18(20,21)22/h3-4,7-8,11H,5-6,9H2,1-2H3,(H2,23,24,25,26). The number of amides is 1. The van der Waals surface area contributed by atoms with Crippen LogP contribution in [0.3, 0.4) is 0 Å². The first-order valence-electron chi connectivity index (χ1n) is 8.74. The Morgan fingerprint density at radius 1 is 1.38 bits per heavy atom. The van der Waals surface area contributed by atoms with Crippen molar-refractivity contribution in [2.24, 2.45) is 5.92 Å². The summed E-state index contributed by atoms with van der Waals surface area (Å²) in [6.07, 6.45) is -2.80. The van der Waals surface area contributed by atoms with E-state index in [-0.39, 0.29) is 25.1 Å². The third-order valence-corrected chi connectivity index (χ3v) is 5.19. The molecule has 2 aromatic rings. The zero-order valence-corrected chi connectivity index (χ0v) is 17.3. The van der Waals surface area contributed by atoms with Crippen molar-refractivity contribution >= 4 is 39.3 Å². The number of rotatable bonds is 5. The van der Waals surface area contributed by atoms with Crippen LogP contribution in [0.5, 0.6) is 5.75 Å². The molecule has 7 nitrogen and oxygen atoms in total. The van der Waals surface area contributed by atoms with Crippen LogP contribution in [0.2, 0.25) is 0 Å². The molecule has 1 saturated heterocycles. The van der Waals surface area contributed by atoms with Gasteiger partial charge in [-0.1, -0.05) is 0 Å². The predicted molar refractivity (Wildman–Crippen MR) is 106 cm³/mol. The van der Waals surface area contributed by atoms with Gasteiger partial charge in [-0.25, -0.2) is 4.98 Å². The molecule has 1 amide bonds. The van der Waals surface area contributed by atoms with Gasteiger partial charge in [0, 0.05) is 31.9 Å². The molecule has 0 saturated carbocycles. The molecule has 2 heterocycles. The van der Waals surface area contributed by atoms with Gasteiger partial charge in [0.2, 0.25) is 5.95 Å².